The van der Waals surface area contributed by atoms with Gasteiger partial charge >= 0.3 is 0 Å². The van der Waals surface area contributed by atoms with E-state index >= 15 is 0 Å². The third kappa shape index (κ3) is 5.39. The maximum absolute atomic E-state index is 12.4. The molecular weight excluding hydrogens is 440 g/mol. The first-order chi connectivity index (χ1) is 16.0. The fourth-order valence-electron chi connectivity index (χ4n) is 3.12. The van der Waals surface area contributed by atoms with Gasteiger partial charge in [0, 0.05) is 21.7 Å². The number of carbonyl (C=O) groups excluding carboxylic acids is 1. The molecule has 1 heterocycles. The summed E-state index contributed by atoms with van der Waals surface area (Å²) in [4.78, 5) is 12.4. The summed E-state index contributed by atoms with van der Waals surface area (Å²) in [7, 11) is 0. The summed E-state index contributed by atoms with van der Waals surface area (Å²) in [6.45, 7) is 2.07. The van der Waals surface area contributed by atoms with Gasteiger partial charge in [0.2, 0.25) is 0 Å². The lowest BCUT2D eigenvalue weighted by Crippen LogP contribution is -2.19. The van der Waals surface area contributed by atoms with Crippen LogP contribution in [0.15, 0.2) is 84.0 Å². The van der Waals surface area contributed by atoms with Gasteiger partial charge in [-0.2, -0.15) is 10.2 Å². The van der Waals surface area contributed by atoms with Gasteiger partial charge in [-0.3, -0.25) is 9.89 Å². The Labute approximate surface area is 195 Å². The number of amides is 1. The van der Waals surface area contributed by atoms with Gasteiger partial charge < -0.3 is 9.84 Å². The number of halogens is 1. The Hall–Kier alpha value is -4.10. The number of hydrogen-bond donors (Lipinski definition) is 3. The van der Waals surface area contributed by atoms with E-state index < -0.39 is 5.91 Å². The van der Waals surface area contributed by atoms with Crippen molar-refractivity contribution in [1.82, 2.24) is 15.6 Å². The molecule has 166 valence electrons. The van der Waals surface area contributed by atoms with Gasteiger partial charge in [-0.15, -0.1) is 0 Å². The first-order valence-corrected chi connectivity index (χ1v) is 10.5. The summed E-state index contributed by atoms with van der Waals surface area (Å²) >= 11 is 6.16. The summed E-state index contributed by atoms with van der Waals surface area (Å²) in [5, 5.41) is 21.5. The number of nitrogens with one attached hydrogen (secondary N) is 2. The van der Waals surface area contributed by atoms with Crippen molar-refractivity contribution in [3.8, 4) is 22.8 Å². The van der Waals surface area contributed by atoms with Crippen molar-refractivity contribution in [2.75, 3.05) is 0 Å². The molecule has 0 aliphatic heterocycles. The van der Waals surface area contributed by atoms with E-state index in [4.69, 9.17) is 16.3 Å². The predicted molar refractivity (Wildman–Crippen MR) is 128 cm³/mol. The van der Waals surface area contributed by atoms with E-state index in [1.54, 1.807) is 37.3 Å². The number of phenolic OH excluding ortho intramolecular Hbond substituents is 1. The summed E-state index contributed by atoms with van der Waals surface area (Å²) in [6, 6.07) is 23.3. The highest BCUT2D eigenvalue weighted by Crippen LogP contribution is 2.23. The van der Waals surface area contributed by atoms with Crippen LogP contribution in [0.5, 0.6) is 11.5 Å². The number of ether oxygens (including phenoxy) is 1. The lowest BCUT2D eigenvalue weighted by Gasteiger charge is -2.08. The number of carbonyl (C=O) groups is 1. The molecule has 0 unspecified atom stereocenters. The molecule has 1 amide bonds. The van der Waals surface area contributed by atoms with Crippen LogP contribution in [0.25, 0.3) is 11.3 Å². The number of aromatic nitrogens is 2. The van der Waals surface area contributed by atoms with Crippen LogP contribution >= 0.6 is 11.6 Å². The molecule has 3 aromatic carbocycles. The second-order valence-electron chi connectivity index (χ2n) is 7.23. The fraction of sp³-hybridized carbons (Fsp3) is 0.0800. The maximum Gasteiger partial charge on any atom is 0.289 e. The lowest BCUT2D eigenvalue weighted by atomic mass is 10.1. The SMILES string of the molecule is CC(=NNC(=O)c1cc(-c2ccc(OCc3ccccc3Cl)cc2)n[nH]1)c1ccccc1O. The van der Waals surface area contributed by atoms with Crippen molar-refractivity contribution in [3.63, 3.8) is 0 Å². The van der Waals surface area contributed by atoms with Crippen LogP contribution in [0.4, 0.5) is 0 Å². The molecule has 33 heavy (non-hydrogen) atoms. The van der Waals surface area contributed by atoms with Crippen molar-refractivity contribution in [1.29, 1.82) is 0 Å². The Morgan fingerprint density at radius 3 is 2.58 bits per heavy atom. The van der Waals surface area contributed by atoms with Gasteiger partial charge in [0.15, 0.2) is 0 Å². The highest BCUT2D eigenvalue weighted by atomic mass is 35.5. The molecule has 0 atom stereocenters. The standard InChI is InChI=1S/C25H21ClN4O3/c1-16(20-7-3-5-9-24(20)31)27-30-25(32)23-14-22(28-29-23)17-10-12-19(13-11-17)33-15-18-6-2-4-8-21(18)26/h2-14,31H,15H2,1H3,(H,28,29)(H,30,32). The minimum absolute atomic E-state index is 0.0936. The Morgan fingerprint density at radius 2 is 1.82 bits per heavy atom. The van der Waals surface area contributed by atoms with Crippen LogP contribution in [-0.4, -0.2) is 26.9 Å². The zero-order valence-corrected chi connectivity index (χ0v) is 18.5. The second-order valence-corrected chi connectivity index (χ2v) is 7.63. The fourth-order valence-corrected chi connectivity index (χ4v) is 3.31. The molecular formula is C25H21ClN4O3. The number of para-hydroxylation sites is 1. The predicted octanol–water partition coefficient (Wildman–Crippen LogP) is 5.17. The normalized spacial score (nSPS) is 11.3. The summed E-state index contributed by atoms with van der Waals surface area (Å²) in [6.07, 6.45) is 0. The molecule has 0 aliphatic carbocycles. The molecule has 0 saturated heterocycles. The topological polar surface area (TPSA) is 99.6 Å². The van der Waals surface area contributed by atoms with Gasteiger partial charge in [0.1, 0.15) is 23.8 Å². The number of phenols is 1. The van der Waals surface area contributed by atoms with Crippen LogP contribution in [0.2, 0.25) is 5.02 Å². The van der Waals surface area contributed by atoms with Crippen LogP contribution in [0, 0.1) is 0 Å². The molecule has 0 fully saturated rings. The number of benzene rings is 3. The highest BCUT2D eigenvalue weighted by Gasteiger charge is 2.12. The summed E-state index contributed by atoms with van der Waals surface area (Å²) < 4.78 is 5.80. The first-order valence-electron chi connectivity index (χ1n) is 10.2. The van der Waals surface area contributed by atoms with Crippen LogP contribution in [-0.2, 0) is 6.61 Å². The Kier molecular flexibility index (Phi) is 6.71. The Bertz CT molecular complexity index is 1300. The van der Waals surface area contributed by atoms with Crippen molar-refractivity contribution in [3.05, 3.63) is 101 Å². The molecule has 4 rings (SSSR count). The minimum Gasteiger partial charge on any atom is -0.507 e. The second kappa shape index (κ2) is 10.0. The third-order valence-electron chi connectivity index (χ3n) is 4.94. The minimum atomic E-state index is -0.441. The average Bonchev–Trinajstić information content (AvgIpc) is 3.33. The number of aromatic amines is 1. The lowest BCUT2D eigenvalue weighted by molar-refractivity contribution is 0.0950. The number of hydrogen-bond acceptors (Lipinski definition) is 5. The average molecular weight is 461 g/mol. The highest BCUT2D eigenvalue weighted by molar-refractivity contribution is 6.31. The van der Waals surface area contributed by atoms with E-state index in [2.05, 4.69) is 20.7 Å². The van der Waals surface area contributed by atoms with E-state index in [0.29, 0.717) is 34.3 Å². The molecule has 7 nitrogen and oxygen atoms in total. The van der Waals surface area contributed by atoms with Crippen molar-refractivity contribution in [2.24, 2.45) is 5.10 Å². The largest absolute Gasteiger partial charge is 0.507 e. The van der Waals surface area contributed by atoms with Crippen LogP contribution < -0.4 is 10.2 Å². The smallest absolute Gasteiger partial charge is 0.289 e. The zero-order valence-electron chi connectivity index (χ0n) is 17.7. The van der Waals surface area contributed by atoms with Crippen molar-refractivity contribution in [2.45, 2.75) is 13.5 Å². The molecule has 0 saturated carbocycles. The molecule has 1 aromatic heterocycles. The van der Waals surface area contributed by atoms with E-state index in [9.17, 15) is 9.90 Å². The Balaban J connectivity index is 1.38. The zero-order chi connectivity index (χ0) is 23.2. The van der Waals surface area contributed by atoms with Crippen LogP contribution in [0.1, 0.15) is 28.5 Å². The Morgan fingerprint density at radius 1 is 1.09 bits per heavy atom. The van der Waals surface area contributed by atoms with Gasteiger partial charge in [-0.1, -0.05) is 41.9 Å². The third-order valence-corrected chi connectivity index (χ3v) is 5.31. The van der Waals surface area contributed by atoms with Crippen molar-refractivity contribution >= 4 is 23.2 Å². The number of rotatable bonds is 7. The molecule has 4 aromatic rings. The van der Waals surface area contributed by atoms with Gasteiger partial charge in [-0.25, -0.2) is 5.43 Å². The molecule has 0 bridgehead atoms. The number of H-pyrrole nitrogens is 1. The van der Waals surface area contributed by atoms with E-state index in [1.807, 2.05) is 48.5 Å². The maximum atomic E-state index is 12.4. The van der Waals surface area contributed by atoms with Gasteiger partial charge in [0.05, 0.1) is 11.4 Å². The van der Waals surface area contributed by atoms with E-state index in [-0.39, 0.29) is 11.4 Å². The van der Waals surface area contributed by atoms with E-state index in [1.165, 1.54) is 0 Å². The van der Waals surface area contributed by atoms with E-state index in [0.717, 1.165) is 11.1 Å². The number of aromatic hydroxyl groups is 1. The number of nitrogens with zero attached hydrogens (tertiary/aromatic N) is 2. The van der Waals surface area contributed by atoms with Crippen molar-refractivity contribution < 1.29 is 14.6 Å². The number of hydrazone groups is 1. The monoisotopic (exact) mass is 460 g/mol. The van der Waals surface area contributed by atoms with Gasteiger partial charge in [-0.05, 0) is 55.5 Å². The summed E-state index contributed by atoms with van der Waals surface area (Å²) in [5.74, 6) is 0.348. The molecule has 0 spiro atoms. The molecule has 3 N–H and O–H groups in total. The molecule has 0 aliphatic rings. The first kappa shape index (κ1) is 22.1. The van der Waals surface area contributed by atoms with Crippen LogP contribution in [0.3, 0.4) is 0 Å². The molecule has 8 heteroatoms. The molecule has 0 radical (unpaired) electrons. The quantitative estimate of drug-likeness (QED) is 0.261. The van der Waals surface area contributed by atoms with Gasteiger partial charge in [0.25, 0.3) is 5.91 Å². The summed E-state index contributed by atoms with van der Waals surface area (Å²) in [5.41, 5.74) is 6.10.